The number of nitrogens with zero attached hydrogens (tertiary/aromatic N) is 2. The molecule has 1 saturated carbocycles. The van der Waals surface area contributed by atoms with Gasteiger partial charge in [-0.15, -0.1) is 0 Å². The lowest BCUT2D eigenvalue weighted by Gasteiger charge is -2.27. The highest BCUT2D eigenvalue weighted by molar-refractivity contribution is 5.95. The van der Waals surface area contributed by atoms with E-state index < -0.39 is 5.41 Å². The van der Waals surface area contributed by atoms with E-state index in [0.717, 1.165) is 24.9 Å². The van der Waals surface area contributed by atoms with Crippen LogP contribution in [0.5, 0.6) is 0 Å². The Balaban J connectivity index is 2.06. The van der Waals surface area contributed by atoms with Crippen LogP contribution in [0, 0.1) is 5.41 Å². The molecule has 18 heavy (non-hydrogen) atoms. The topological polar surface area (TPSA) is 72.9 Å². The van der Waals surface area contributed by atoms with Crippen LogP contribution in [0.1, 0.15) is 46.1 Å². The number of anilines is 1. The van der Waals surface area contributed by atoms with Crippen molar-refractivity contribution in [1.29, 1.82) is 0 Å². The molecule has 3 N–H and O–H groups in total. The SMILES string of the molecule is CC(C)n1cc(NC(=O)C2(C)CCCC2N)cn1. The van der Waals surface area contributed by atoms with Crippen molar-refractivity contribution >= 4 is 11.6 Å². The molecule has 100 valence electrons. The molecule has 1 aliphatic carbocycles. The van der Waals surface area contributed by atoms with Crippen molar-refractivity contribution < 1.29 is 4.79 Å². The molecule has 1 aliphatic rings. The van der Waals surface area contributed by atoms with E-state index in [0.29, 0.717) is 6.04 Å². The number of hydrogen-bond donors (Lipinski definition) is 2. The Morgan fingerprint density at radius 3 is 2.89 bits per heavy atom. The molecule has 1 fully saturated rings. The van der Waals surface area contributed by atoms with Crippen LogP contribution in [0.2, 0.25) is 0 Å². The van der Waals surface area contributed by atoms with Gasteiger partial charge in [0.15, 0.2) is 0 Å². The molecule has 5 heteroatoms. The third kappa shape index (κ3) is 2.27. The van der Waals surface area contributed by atoms with E-state index in [9.17, 15) is 4.79 Å². The van der Waals surface area contributed by atoms with Crippen LogP contribution in [0.25, 0.3) is 0 Å². The summed E-state index contributed by atoms with van der Waals surface area (Å²) in [5, 5.41) is 7.14. The first-order valence-electron chi connectivity index (χ1n) is 6.54. The van der Waals surface area contributed by atoms with Gasteiger partial charge < -0.3 is 11.1 Å². The monoisotopic (exact) mass is 250 g/mol. The highest BCUT2D eigenvalue weighted by Gasteiger charge is 2.43. The minimum Gasteiger partial charge on any atom is -0.327 e. The van der Waals surface area contributed by atoms with Crippen molar-refractivity contribution in [2.75, 3.05) is 5.32 Å². The van der Waals surface area contributed by atoms with Gasteiger partial charge in [-0.05, 0) is 33.6 Å². The van der Waals surface area contributed by atoms with Crippen LogP contribution in [-0.4, -0.2) is 21.7 Å². The van der Waals surface area contributed by atoms with Crippen molar-refractivity contribution in [2.24, 2.45) is 11.1 Å². The molecular weight excluding hydrogens is 228 g/mol. The first-order chi connectivity index (χ1) is 8.43. The van der Waals surface area contributed by atoms with E-state index >= 15 is 0 Å². The predicted octanol–water partition coefficient (Wildman–Crippen LogP) is 1.92. The molecule has 0 aromatic carbocycles. The van der Waals surface area contributed by atoms with Crippen LogP contribution in [0.3, 0.4) is 0 Å². The van der Waals surface area contributed by atoms with Gasteiger partial charge in [0.1, 0.15) is 0 Å². The van der Waals surface area contributed by atoms with Crippen molar-refractivity contribution in [3.8, 4) is 0 Å². The Hall–Kier alpha value is -1.36. The molecule has 1 amide bonds. The minimum atomic E-state index is -0.445. The minimum absolute atomic E-state index is 0.0100. The van der Waals surface area contributed by atoms with Gasteiger partial charge in [-0.3, -0.25) is 9.48 Å². The molecule has 2 rings (SSSR count). The van der Waals surface area contributed by atoms with Gasteiger partial charge in [0.2, 0.25) is 5.91 Å². The normalized spacial score (nSPS) is 27.7. The van der Waals surface area contributed by atoms with Crippen LogP contribution < -0.4 is 11.1 Å². The number of rotatable bonds is 3. The molecule has 1 heterocycles. The zero-order valence-electron chi connectivity index (χ0n) is 11.3. The number of carbonyl (C=O) groups is 1. The second-order valence-corrected chi connectivity index (χ2v) is 5.67. The Morgan fingerprint density at radius 1 is 1.67 bits per heavy atom. The van der Waals surface area contributed by atoms with E-state index in [2.05, 4.69) is 10.4 Å². The summed E-state index contributed by atoms with van der Waals surface area (Å²) in [6, 6.07) is 0.248. The first-order valence-corrected chi connectivity index (χ1v) is 6.54. The maximum atomic E-state index is 12.3. The van der Waals surface area contributed by atoms with Gasteiger partial charge in [-0.2, -0.15) is 5.10 Å². The van der Waals surface area contributed by atoms with E-state index in [4.69, 9.17) is 5.73 Å². The summed E-state index contributed by atoms with van der Waals surface area (Å²) in [5.74, 6) is 0.0100. The average molecular weight is 250 g/mol. The smallest absolute Gasteiger partial charge is 0.231 e. The quantitative estimate of drug-likeness (QED) is 0.860. The maximum Gasteiger partial charge on any atom is 0.231 e. The van der Waals surface area contributed by atoms with Crippen molar-refractivity contribution in [1.82, 2.24) is 9.78 Å². The summed E-state index contributed by atoms with van der Waals surface area (Å²) in [7, 11) is 0. The highest BCUT2D eigenvalue weighted by Crippen LogP contribution is 2.37. The fourth-order valence-corrected chi connectivity index (χ4v) is 2.43. The second kappa shape index (κ2) is 4.72. The molecular formula is C13H22N4O. The predicted molar refractivity (Wildman–Crippen MR) is 71.2 cm³/mol. The fraction of sp³-hybridized carbons (Fsp3) is 0.692. The number of aromatic nitrogens is 2. The van der Waals surface area contributed by atoms with E-state index in [1.807, 2.05) is 31.6 Å². The van der Waals surface area contributed by atoms with Gasteiger partial charge in [-0.1, -0.05) is 6.42 Å². The van der Waals surface area contributed by atoms with E-state index in [-0.39, 0.29) is 11.9 Å². The molecule has 0 spiro atoms. The summed E-state index contributed by atoms with van der Waals surface area (Å²) in [4.78, 5) is 12.3. The lowest BCUT2D eigenvalue weighted by atomic mass is 9.84. The summed E-state index contributed by atoms with van der Waals surface area (Å²) < 4.78 is 1.83. The maximum absolute atomic E-state index is 12.3. The van der Waals surface area contributed by atoms with Crippen molar-refractivity contribution in [3.05, 3.63) is 12.4 Å². The number of nitrogens with one attached hydrogen (secondary N) is 1. The second-order valence-electron chi connectivity index (χ2n) is 5.67. The number of carbonyl (C=O) groups excluding carboxylic acids is 1. The van der Waals surface area contributed by atoms with Gasteiger partial charge in [0, 0.05) is 18.3 Å². The van der Waals surface area contributed by atoms with Crippen molar-refractivity contribution in [2.45, 2.75) is 52.1 Å². The fourth-order valence-electron chi connectivity index (χ4n) is 2.43. The van der Waals surface area contributed by atoms with Crippen LogP contribution in [0.15, 0.2) is 12.4 Å². The number of nitrogens with two attached hydrogens (primary N) is 1. The highest BCUT2D eigenvalue weighted by atomic mass is 16.2. The summed E-state index contributed by atoms with van der Waals surface area (Å²) in [6.45, 7) is 6.05. The molecule has 0 saturated heterocycles. The van der Waals surface area contributed by atoms with Crippen LogP contribution in [0.4, 0.5) is 5.69 Å². The zero-order chi connectivity index (χ0) is 13.3. The number of amides is 1. The lowest BCUT2D eigenvalue weighted by Crippen LogP contribution is -2.44. The lowest BCUT2D eigenvalue weighted by molar-refractivity contribution is -0.125. The molecule has 2 unspecified atom stereocenters. The molecule has 1 aromatic rings. The molecule has 1 aromatic heterocycles. The third-order valence-electron chi connectivity index (χ3n) is 3.94. The molecule has 5 nitrogen and oxygen atoms in total. The Bertz CT molecular complexity index is 440. The molecule has 0 radical (unpaired) electrons. The molecule has 0 bridgehead atoms. The average Bonchev–Trinajstić information content (AvgIpc) is 2.88. The Labute approximate surface area is 108 Å². The Kier molecular flexibility index (Phi) is 3.43. The molecule has 0 aliphatic heterocycles. The summed E-state index contributed by atoms with van der Waals surface area (Å²) in [6.07, 6.45) is 6.35. The van der Waals surface area contributed by atoms with Gasteiger partial charge in [-0.25, -0.2) is 0 Å². The largest absolute Gasteiger partial charge is 0.327 e. The molecule has 2 atom stereocenters. The Morgan fingerprint density at radius 2 is 2.39 bits per heavy atom. The first kappa shape index (κ1) is 13.1. The summed E-state index contributed by atoms with van der Waals surface area (Å²) >= 11 is 0. The van der Waals surface area contributed by atoms with E-state index in [1.54, 1.807) is 6.20 Å². The number of hydrogen-bond acceptors (Lipinski definition) is 3. The third-order valence-corrected chi connectivity index (χ3v) is 3.94. The van der Waals surface area contributed by atoms with Crippen LogP contribution in [-0.2, 0) is 4.79 Å². The van der Waals surface area contributed by atoms with Gasteiger partial charge >= 0.3 is 0 Å². The zero-order valence-corrected chi connectivity index (χ0v) is 11.3. The van der Waals surface area contributed by atoms with E-state index in [1.165, 1.54) is 0 Å². The van der Waals surface area contributed by atoms with Gasteiger partial charge in [0.05, 0.1) is 17.3 Å². The summed E-state index contributed by atoms with van der Waals surface area (Å²) in [5.41, 5.74) is 6.34. The van der Waals surface area contributed by atoms with Crippen LogP contribution >= 0.6 is 0 Å². The van der Waals surface area contributed by atoms with Gasteiger partial charge in [0.25, 0.3) is 0 Å². The standard InChI is InChI=1S/C13H22N4O/c1-9(2)17-8-10(7-15-17)16-12(18)13(3)6-4-5-11(13)14/h7-9,11H,4-6,14H2,1-3H3,(H,16,18). The van der Waals surface area contributed by atoms with Crippen molar-refractivity contribution in [3.63, 3.8) is 0 Å².